The first-order valence-electron chi connectivity index (χ1n) is 6.92. The number of amides is 2. The number of hydrogen-bond donors (Lipinski definition) is 3. The number of anilines is 2. The van der Waals surface area contributed by atoms with Gasteiger partial charge in [0.05, 0.1) is 24.4 Å². The summed E-state index contributed by atoms with van der Waals surface area (Å²) in [5.74, 6) is 0.434. The lowest BCUT2D eigenvalue weighted by atomic mass is 10.2. The van der Waals surface area contributed by atoms with E-state index >= 15 is 0 Å². The average Bonchev–Trinajstić information content (AvgIpc) is 3.31. The van der Waals surface area contributed by atoms with Crippen LogP contribution in [-0.2, 0) is 14.3 Å². The molecule has 21 heavy (non-hydrogen) atoms. The zero-order valence-electron chi connectivity index (χ0n) is 12.0. The zero-order chi connectivity index (χ0) is 15.2. The van der Waals surface area contributed by atoms with Crippen LogP contribution < -0.4 is 16.4 Å². The SMILES string of the molecule is COC(CN)CC(=O)Nc1ccc(NC(=O)C2CC2)nc1. The van der Waals surface area contributed by atoms with Crippen molar-refractivity contribution < 1.29 is 14.3 Å². The maximum atomic E-state index is 11.8. The zero-order valence-corrected chi connectivity index (χ0v) is 12.0. The molecule has 0 aromatic carbocycles. The Kier molecular flexibility index (Phi) is 5.24. The third kappa shape index (κ3) is 4.80. The van der Waals surface area contributed by atoms with E-state index in [1.807, 2.05) is 0 Å². The van der Waals surface area contributed by atoms with Crippen LogP contribution in [0.3, 0.4) is 0 Å². The van der Waals surface area contributed by atoms with E-state index < -0.39 is 0 Å². The molecule has 4 N–H and O–H groups in total. The second kappa shape index (κ2) is 7.14. The molecule has 0 radical (unpaired) electrons. The van der Waals surface area contributed by atoms with Crippen molar-refractivity contribution in [1.82, 2.24) is 4.98 Å². The van der Waals surface area contributed by atoms with E-state index in [0.717, 1.165) is 12.8 Å². The predicted octanol–water partition coefficient (Wildman–Crippen LogP) is 0.732. The van der Waals surface area contributed by atoms with Crippen molar-refractivity contribution in [2.24, 2.45) is 11.7 Å². The summed E-state index contributed by atoms with van der Waals surface area (Å²) >= 11 is 0. The third-order valence-electron chi connectivity index (χ3n) is 3.26. The Bertz CT molecular complexity index is 495. The summed E-state index contributed by atoms with van der Waals surface area (Å²) in [4.78, 5) is 27.4. The molecule has 7 nitrogen and oxygen atoms in total. The van der Waals surface area contributed by atoms with Crippen LogP contribution in [0.1, 0.15) is 19.3 Å². The van der Waals surface area contributed by atoms with Crippen molar-refractivity contribution in [2.45, 2.75) is 25.4 Å². The van der Waals surface area contributed by atoms with Crippen LogP contribution in [0.15, 0.2) is 18.3 Å². The highest BCUT2D eigenvalue weighted by atomic mass is 16.5. The predicted molar refractivity (Wildman–Crippen MR) is 78.7 cm³/mol. The minimum atomic E-state index is -0.296. The number of ether oxygens (including phenoxy) is 1. The van der Waals surface area contributed by atoms with Crippen LogP contribution >= 0.6 is 0 Å². The molecule has 2 rings (SSSR count). The molecule has 1 aliphatic carbocycles. The summed E-state index contributed by atoms with van der Waals surface area (Å²) in [6.45, 7) is 0.286. The molecule has 1 fully saturated rings. The first-order valence-corrected chi connectivity index (χ1v) is 6.92. The Morgan fingerprint density at radius 1 is 1.43 bits per heavy atom. The monoisotopic (exact) mass is 292 g/mol. The van der Waals surface area contributed by atoms with Gasteiger partial charge in [0.2, 0.25) is 11.8 Å². The molecule has 1 unspecified atom stereocenters. The number of nitrogens with one attached hydrogen (secondary N) is 2. The first-order chi connectivity index (χ1) is 10.1. The second-order valence-corrected chi connectivity index (χ2v) is 5.04. The van der Waals surface area contributed by atoms with E-state index in [1.54, 1.807) is 12.1 Å². The van der Waals surface area contributed by atoms with E-state index in [1.165, 1.54) is 13.3 Å². The number of pyridine rings is 1. The molecular weight excluding hydrogens is 272 g/mol. The van der Waals surface area contributed by atoms with Gasteiger partial charge in [0, 0.05) is 19.6 Å². The van der Waals surface area contributed by atoms with Crippen LogP contribution in [0.25, 0.3) is 0 Å². The number of rotatable bonds is 7. The summed E-state index contributed by atoms with van der Waals surface area (Å²) in [5, 5.41) is 5.44. The van der Waals surface area contributed by atoms with Crippen LogP contribution in [0.2, 0.25) is 0 Å². The minimum Gasteiger partial charge on any atom is -0.380 e. The normalized spacial score (nSPS) is 15.3. The van der Waals surface area contributed by atoms with Gasteiger partial charge in [-0.15, -0.1) is 0 Å². The van der Waals surface area contributed by atoms with Gasteiger partial charge >= 0.3 is 0 Å². The van der Waals surface area contributed by atoms with Crippen molar-refractivity contribution in [2.75, 3.05) is 24.3 Å². The minimum absolute atomic E-state index is 0.00478. The average molecular weight is 292 g/mol. The van der Waals surface area contributed by atoms with E-state index in [4.69, 9.17) is 10.5 Å². The molecule has 114 valence electrons. The molecule has 0 aliphatic heterocycles. The molecule has 1 heterocycles. The van der Waals surface area contributed by atoms with Crippen LogP contribution in [0.5, 0.6) is 0 Å². The van der Waals surface area contributed by atoms with Crippen molar-refractivity contribution in [3.63, 3.8) is 0 Å². The fourth-order valence-corrected chi connectivity index (χ4v) is 1.80. The number of carbonyl (C=O) groups is 2. The van der Waals surface area contributed by atoms with Gasteiger partial charge in [-0.25, -0.2) is 4.98 Å². The van der Waals surface area contributed by atoms with Gasteiger partial charge in [0.15, 0.2) is 0 Å². The quantitative estimate of drug-likeness (QED) is 0.687. The van der Waals surface area contributed by atoms with Crippen LogP contribution in [0, 0.1) is 5.92 Å². The van der Waals surface area contributed by atoms with Gasteiger partial charge in [0.25, 0.3) is 0 Å². The number of nitrogens with zero attached hydrogens (tertiary/aromatic N) is 1. The summed E-state index contributed by atoms with van der Waals surface area (Å²) in [7, 11) is 1.52. The maximum absolute atomic E-state index is 11.8. The van der Waals surface area contributed by atoms with Gasteiger partial charge in [-0.2, -0.15) is 0 Å². The Morgan fingerprint density at radius 2 is 2.19 bits per heavy atom. The van der Waals surface area contributed by atoms with Crippen LogP contribution in [-0.4, -0.2) is 36.6 Å². The van der Waals surface area contributed by atoms with Gasteiger partial charge in [-0.3, -0.25) is 9.59 Å². The topological polar surface area (TPSA) is 106 Å². The fourth-order valence-electron chi connectivity index (χ4n) is 1.80. The van der Waals surface area contributed by atoms with E-state index in [9.17, 15) is 9.59 Å². The number of aromatic nitrogens is 1. The van der Waals surface area contributed by atoms with Crippen molar-refractivity contribution in [3.8, 4) is 0 Å². The van der Waals surface area contributed by atoms with Crippen molar-refractivity contribution >= 4 is 23.3 Å². The fraction of sp³-hybridized carbons (Fsp3) is 0.500. The molecule has 1 aromatic heterocycles. The largest absolute Gasteiger partial charge is 0.380 e. The third-order valence-corrected chi connectivity index (χ3v) is 3.26. The summed E-state index contributed by atoms with van der Waals surface area (Å²) in [6, 6.07) is 3.35. The van der Waals surface area contributed by atoms with Gasteiger partial charge in [-0.1, -0.05) is 0 Å². The van der Waals surface area contributed by atoms with Gasteiger partial charge in [0.1, 0.15) is 5.82 Å². The Balaban J connectivity index is 1.83. The van der Waals surface area contributed by atoms with E-state index in [0.29, 0.717) is 11.5 Å². The van der Waals surface area contributed by atoms with E-state index in [2.05, 4.69) is 15.6 Å². The molecule has 0 saturated heterocycles. The molecule has 1 aliphatic rings. The highest BCUT2D eigenvalue weighted by molar-refractivity contribution is 5.94. The van der Waals surface area contributed by atoms with Crippen molar-refractivity contribution in [3.05, 3.63) is 18.3 Å². The van der Waals surface area contributed by atoms with Crippen molar-refractivity contribution in [1.29, 1.82) is 0 Å². The molecule has 7 heteroatoms. The highest BCUT2D eigenvalue weighted by Gasteiger charge is 2.29. The molecule has 1 atom stereocenters. The molecule has 0 spiro atoms. The van der Waals surface area contributed by atoms with Crippen LogP contribution in [0.4, 0.5) is 11.5 Å². The summed E-state index contributed by atoms with van der Waals surface area (Å²) in [5.41, 5.74) is 6.03. The molecule has 2 amide bonds. The lowest BCUT2D eigenvalue weighted by Crippen LogP contribution is -2.28. The smallest absolute Gasteiger partial charge is 0.228 e. The van der Waals surface area contributed by atoms with E-state index in [-0.39, 0.29) is 36.8 Å². The Morgan fingerprint density at radius 3 is 2.71 bits per heavy atom. The standard InChI is InChI=1S/C14H20N4O3/c1-21-11(7-15)6-13(19)17-10-4-5-12(16-8-10)18-14(20)9-2-3-9/h4-5,8-9,11H,2-3,6-7,15H2,1H3,(H,17,19)(H,16,18,20). The summed E-state index contributed by atoms with van der Waals surface area (Å²) in [6.07, 6.45) is 3.29. The lowest BCUT2D eigenvalue weighted by Gasteiger charge is -2.12. The lowest BCUT2D eigenvalue weighted by molar-refractivity contribution is -0.118. The highest BCUT2D eigenvalue weighted by Crippen LogP contribution is 2.29. The maximum Gasteiger partial charge on any atom is 0.228 e. The second-order valence-electron chi connectivity index (χ2n) is 5.04. The number of nitrogens with two attached hydrogens (primary N) is 1. The summed E-state index contributed by atoms with van der Waals surface area (Å²) < 4.78 is 5.05. The molecule has 1 saturated carbocycles. The first kappa shape index (κ1) is 15.4. The Hall–Kier alpha value is -1.99. The number of methoxy groups -OCH3 is 1. The molecular formula is C14H20N4O3. The number of hydrogen-bond acceptors (Lipinski definition) is 5. The molecule has 1 aromatic rings. The molecule has 0 bridgehead atoms. The number of carbonyl (C=O) groups excluding carboxylic acids is 2. The van der Waals surface area contributed by atoms with Gasteiger partial charge in [-0.05, 0) is 25.0 Å². The Labute approximate surface area is 123 Å². The van der Waals surface area contributed by atoms with Gasteiger partial charge < -0.3 is 21.1 Å².